The predicted octanol–water partition coefficient (Wildman–Crippen LogP) is 3.26. The van der Waals surface area contributed by atoms with Gasteiger partial charge in [-0.2, -0.15) is 0 Å². The zero-order valence-electron chi connectivity index (χ0n) is 12.0. The van der Waals surface area contributed by atoms with Gasteiger partial charge in [-0.05, 0) is 42.1 Å². The minimum absolute atomic E-state index is 0.0776. The topological polar surface area (TPSA) is 70.2 Å². The first-order valence-corrected chi connectivity index (χ1v) is 8.32. The monoisotopic (exact) mass is 381 g/mol. The lowest BCUT2D eigenvalue weighted by Crippen LogP contribution is -2.39. The summed E-state index contributed by atoms with van der Waals surface area (Å²) in [7, 11) is 0. The fourth-order valence-electron chi connectivity index (χ4n) is 1.77. The van der Waals surface area contributed by atoms with Crippen molar-refractivity contribution in [1.82, 2.24) is 10.6 Å². The second kappa shape index (κ2) is 7.95. The lowest BCUT2D eigenvalue weighted by atomic mass is 10.2. The molecule has 0 radical (unpaired) electrons. The molecule has 2 rings (SSSR count). The van der Waals surface area contributed by atoms with Gasteiger partial charge in [-0.25, -0.2) is 4.79 Å². The average Bonchev–Trinajstić information content (AvgIpc) is 2.99. The van der Waals surface area contributed by atoms with Crippen LogP contribution in [0.3, 0.4) is 0 Å². The van der Waals surface area contributed by atoms with Crippen molar-refractivity contribution < 1.29 is 9.59 Å². The van der Waals surface area contributed by atoms with Crippen molar-refractivity contribution in [3.63, 3.8) is 0 Å². The summed E-state index contributed by atoms with van der Waals surface area (Å²) < 4.78 is 0.953. The van der Waals surface area contributed by atoms with Crippen LogP contribution in [0.25, 0.3) is 0 Å². The van der Waals surface area contributed by atoms with Crippen LogP contribution in [0.5, 0.6) is 0 Å². The Morgan fingerprint density at radius 1 is 1.23 bits per heavy atom. The highest BCUT2D eigenvalue weighted by Crippen LogP contribution is 2.19. The van der Waals surface area contributed by atoms with Gasteiger partial charge in [0.25, 0.3) is 0 Å². The summed E-state index contributed by atoms with van der Waals surface area (Å²) in [6.07, 6.45) is 0. The number of hydrogen-bond donors (Lipinski definition) is 3. The van der Waals surface area contributed by atoms with Crippen LogP contribution in [0.2, 0.25) is 0 Å². The molecule has 7 heteroatoms. The van der Waals surface area contributed by atoms with E-state index in [4.69, 9.17) is 0 Å². The highest BCUT2D eigenvalue weighted by atomic mass is 79.9. The molecular formula is C15H16BrN3O2S. The van der Waals surface area contributed by atoms with E-state index in [0.29, 0.717) is 6.54 Å². The van der Waals surface area contributed by atoms with Crippen molar-refractivity contribution in [2.45, 2.75) is 13.5 Å². The minimum Gasteiger partial charge on any atom is -0.333 e. The molecule has 3 N–H and O–H groups in total. The van der Waals surface area contributed by atoms with E-state index in [1.807, 2.05) is 42.6 Å². The third-order valence-electron chi connectivity index (χ3n) is 2.88. The molecule has 0 aliphatic rings. The third kappa shape index (κ3) is 5.16. The molecule has 3 amide bonds. The maximum atomic E-state index is 11.8. The number of carbonyl (C=O) groups is 2. The van der Waals surface area contributed by atoms with Gasteiger partial charge in [0.1, 0.15) is 0 Å². The molecule has 1 aromatic carbocycles. The molecule has 0 atom stereocenters. The van der Waals surface area contributed by atoms with Crippen LogP contribution in [0.1, 0.15) is 10.4 Å². The van der Waals surface area contributed by atoms with Crippen molar-refractivity contribution in [2.24, 2.45) is 0 Å². The van der Waals surface area contributed by atoms with Crippen molar-refractivity contribution in [3.05, 3.63) is 50.6 Å². The van der Waals surface area contributed by atoms with E-state index in [9.17, 15) is 9.59 Å². The van der Waals surface area contributed by atoms with E-state index < -0.39 is 0 Å². The zero-order chi connectivity index (χ0) is 15.9. The number of urea groups is 1. The smallest absolute Gasteiger partial charge is 0.315 e. The quantitative estimate of drug-likeness (QED) is 0.743. The lowest BCUT2D eigenvalue weighted by Gasteiger charge is -2.10. The maximum absolute atomic E-state index is 11.8. The third-order valence-corrected chi connectivity index (χ3v) is 4.24. The molecule has 0 spiro atoms. The molecule has 0 bridgehead atoms. The second-order valence-electron chi connectivity index (χ2n) is 4.62. The molecule has 1 heterocycles. The molecule has 0 aliphatic heterocycles. The summed E-state index contributed by atoms with van der Waals surface area (Å²) >= 11 is 4.94. The van der Waals surface area contributed by atoms with Crippen LogP contribution in [0.15, 0.2) is 40.2 Å². The number of amides is 3. The number of halogens is 1. The summed E-state index contributed by atoms with van der Waals surface area (Å²) in [5.41, 5.74) is 1.68. The van der Waals surface area contributed by atoms with E-state index >= 15 is 0 Å². The zero-order valence-corrected chi connectivity index (χ0v) is 14.4. The molecule has 5 nitrogen and oxygen atoms in total. The van der Waals surface area contributed by atoms with Gasteiger partial charge in [-0.3, -0.25) is 4.79 Å². The molecule has 22 heavy (non-hydrogen) atoms. The summed E-state index contributed by atoms with van der Waals surface area (Å²) in [6.45, 7) is 2.28. The van der Waals surface area contributed by atoms with Gasteiger partial charge in [0.05, 0.1) is 13.1 Å². The fourth-order valence-corrected chi connectivity index (χ4v) is 2.89. The van der Waals surface area contributed by atoms with Gasteiger partial charge < -0.3 is 16.0 Å². The molecule has 0 saturated carbocycles. The average molecular weight is 382 g/mol. The largest absolute Gasteiger partial charge is 0.333 e. The number of benzene rings is 1. The van der Waals surface area contributed by atoms with Crippen molar-refractivity contribution in [1.29, 1.82) is 0 Å². The maximum Gasteiger partial charge on any atom is 0.315 e. The van der Waals surface area contributed by atoms with Crippen LogP contribution in [-0.4, -0.2) is 18.5 Å². The number of rotatable bonds is 5. The van der Waals surface area contributed by atoms with Crippen LogP contribution in [-0.2, 0) is 11.3 Å². The number of carbonyl (C=O) groups excluding carboxylic acids is 2. The summed E-state index contributed by atoms with van der Waals surface area (Å²) in [5.74, 6) is -0.267. The molecule has 0 fully saturated rings. The van der Waals surface area contributed by atoms with Gasteiger partial charge >= 0.3 is 6.03 Å². The molecule has 0 aliphatic carbocycles. The van der Waals surface area contributed by atoms with Crippen LogP contribution in [0, 0.1) is 6.92 Å². The Hall–Kier alpha value is -1.86. The SMILES string of the molecule is Cc1cc(Br)ccc1NC(=O)CNC(=O)NCc1cccs1. The number of nitrogens with one attached hydrogen (secondary N) is 3. The Bertz CT molecular complexity index is 659. The Kier molecular flexibility index (Phi) is 5.97. The van der Waals surface area contributed by atoms with E-state index in [-0.39, 0.29) is 18.5 Å². The summed E-state index contributed by atoms with van der Waals surface area (Å²) in [5, 5.41) is 9.94. The summed E-state index contributed by atoms with van der Waals surface area (Å²) in [6, 6.07) is 9.08. The molecule has 1 aromatic heterocycles. The minimum atomic E-state index is -0.365. The fraction of sp³-hybridized carbons (Fsp3) is 0.200. The normalized spacial score (nSPS) is 10.1. The summed E-state index contributed by atoms with van der Waals surface area (Å²) in [4.78, 5) is 24.5. The van der Waals surface area contributed by atoms with E-state index in [0.717, 1.165) is 20.6 Å². The molecular weight excluding hydrogens is 366 g/mol. The van der Waals surface area contributed by atoms with Gasteiger partial charge in [0, 0.05) is 15.0 Å². The lowest BCUT2D eigenvalue weighted by molar-refractivity contribution is -0.115. The molecule has 0 saturated heterocycles. The van der Waals surface area contributed by atoms with E-state index in [1.165, 1.54) is 0 Å². The van der Waals surface area contributed by atoms with Crippen LogP contribution >= 0.6 is 27.3 Å². The van der Waals surface area contributed by atoms with Gasteiger partial charge in [-0.15, -0.1) is 11.3 Å². The van der Waals surface area contributed by atoms with Crippen LogP contribution < -0.4 is 16.0 Å². The van der Waals surface area contributed by atoms with Gasteiger partial charge in [0.15, 0.2) is 0 Å². The molecule has 2 aromatic rings. The van der Waals surface area contributed by atoms with Gasteiger partial charge in [-0.1, -0.05) is 22.0 Å². The van der Waals surface area contributed by atoms with Crippen molar-refractivity contribution in [3.8, 4) is 0 Å². The van der Waals surface area contributed by atoms with Crippen molar-refractivity contribution in [2.75, 3.05) is 11.9 Å². The Morgan fingerprint density at radius 3 is 2.73 bits per heavy atom. The Balaban J connectivity index is 1.74. The van der Waals surface area contributed by atoms with E-state index in [1.54, 1.807) is 11.3 Å². The molecule has 116 valence electrons. The van der Waals surface area contributed by atoms with Gasteiger partial charge in [0.2, 0.25) is 5.91 Å². The highest BCUT2D eigenvalue weighted by Gasteiger charge is 2.07. The number of anilines is 1. The van der Waals surface area contributed by atoms with Crippen LogP contribution in [0.4, 0.5) is 10.5 Å². The first-order chi connectivity index (χ1) is 10.5. The van der Waals surface area contributed by atoms with E-state index in [2.05, 4.69) is 31.9 Å². The Morgan fingerprint density at radius 2 is 2.05 bits per heavy atom. The highest BCUT2D eigenvalue weighted by molar-refractivity contribution is 9.10. The number of aryl methyl sites for hydroxylation is 1. The first-order valence-electron chi connectivity index (χ1n) is 6.64. The second-order valence-corrected chi connectivity index (χ2v) is 6.57. The number of thiophene rings is 1. The predicted molar refractivity (Wildman–Crippen MR) is 92.1 cm³/mol. The van der Waals surface area contributed by atoms with Crippen molar-refractivity contribution >= 4 is 44.9 Å². The molecule has 0 unspecified atom stereocenters. The standard InChI is InChI=1S/C15H16BrN3O2S/c1-10-7-11(16)4-5-13(10)19-14(20)9-18-15(21)17-8-12-3-2-6-22-12/h2-7H,8-9H2,1H3,(H,19,20)(H2,17,18,21). The Labute approximate surface area is 141 Å². The first kappa shape index (κ1) is 16.5. The number of hydrogen-bond acceptors (Lipinski definition) is 3.